The van der Waals surface area contributed by atoms with E-state index < -0.39 is 0 Å². The molecule has 0 spiro atoms. The van der Waals surface area contributed by atoms with Gasteiger partial charge in [0, 0.05) is 37.7 Å². The maximum atomic E-state index is 12.2. The van der Waals surface area contributed by atoms with Crippen LogP contribution in [0.2, 0.25) is 0 Å². The lowest BCUT2D eigenvalue weighted by atomic mass is 10.2. The van der Waals surface area contributed by atoms with Crippen molar-refractivity contribution in [3.05, 3.63) is 24.3 Å². The van der Waals surface area contributed by atoms with Crippen molar-refractivity contribution in [2.45, 2.75) is 46.3 Å². The van der Waals surface area contributed by atoms with Gasteiger partial charge in [0.2, 0.25) is 5.91 Å². The van der Waals surface area contributed by atoms with Gasteiger partial charge in [0.25, 0.3) is 0 Å². The highest BCUT2D eigenvalue weighted by Crippen LogP contribution is 2.20. The number of nitrogens with one attached hydrogen (secondary N) is 2. The maximum absolute atomic E-state index is 12.2. The van der Waals surface area contributed by atoms with Crippen molar-refractivity contribution in [2.75, 3.05) is 33.3 Å². The van der Waals surface area contributed by atoms with E-state index in [1.807, 2.05) is 56.9 Å². The molecule has 1 fully saturated rings. The first-order chi connectivity index (χ1) is 13.4. The molecule has 1 aromatic carbocycles. The number of ether oxygens (including phenoxy) is 2. The van der Waals surface area contributed by atoms with Crippen molar-refractivity contribution in [3.8, 4) is 11.5 Å². The minimum atomic E-state index is -0.0786. The summed E-state index contributed by atoms with van der Waals surface area (Å²) < 4.78 is 11.2. The fraction of sp³-hybridized carbons (Fsp3) is 0.619. The zero-order chi connectivity index (χ0) is 20.5. The van der Waals surface area contributed by atoms with E-state index in [9.17, 15) is 4.79 Å². The van der Waals surface area contributed by atoms with Gasteiger partial charge in [0.15, 0.2) is 5.96 Å². The van der Waals surface area contributed by atoms with E-state index in [1.54, 1.807) is 7.11 Å². The average molecular weight is 518 g/mol. The number of rotatable bonds is 8. The van der Waals surface area contributed by atoms with Gasteiger partial charge in [0.1, 0.15) is 17.6 Å². The van der Waals surface area contributed by atoms with Crippen LogP contribution in [-0.4, -0.2) is 62.2 Å². The first-order valence-corrected chi connectivity index (χ1v) is 10.1. The second-order valence-electron chi connectivity index (χ2n) is 7.40. The van der Waals surface area contributed by atoms with Crippen LogP contribution in [0.15, 0.2) is 29.3 Å². The number of hydrogen-bond donors (Lipinski definition) is 2. The van der Waals surface area contributed by atoms with Crippen molar-refractivity contribution in [1.82, 2.24) is 15.5 Å². The van der Waals surface area contributed by atoms with Crippen molar-refractivity contribution in [1.29, 1.82) is 0 Å². The number of hydrogen-bond acceptors (Lipinski definition) is 4. The van der Waals surface area contributed by atoms with Gasteiger partial charge in [-0.05, 0) is 32.4 Å². The summed E-state index contributed by atoms with van der Waals surface area (Å²) in [5.41, 5.74) is 0. The lowest BCUT2D eigenvalue weighted by molar-refractivity contribution is -0.133. The second-order valence-corrected chi connectivity index (χ2v) is 7.40. The van der Waals surface area contributed by atoms with Gasteiger partial charge >= 0.3 is 0 Å². The monoisotopic (exact) mass is 518 g/mol. The minimum Gasteiger partial charge on any atom is -0.497 e. The molecule has 1 aliphatic heterocycles. The highest BCUT2D eigenvalue weighted by atomic mass is 127. The van der Waals surface area contributed by atoms with E-state index in [0.29, 0.717) is 6.54 Å². The molecule has 164 valence electrons. The summed E-state index contributed by atoms with van der Waals surface area (Å²) in [4.78, 5) is 18.7. The third-order valence-corrected chi connectivity index (χ3v) is 4.56. The van der Waals surface area contributed by atoms with E-state index in [1.165, 1.54) is 0 Å². The lowest BCUT2D eigenvalue weighted by Gasteiger charge is -2.21. The van der Waals surface area contributed by atoms with Gasteiger partial charge < -0.3 is 25.0 Å². The molecule has 2 atom stereocenters. The van der Waals surface area contributed by atoms with Crippen LogP contribution in [0.4, 0.5) is 0 Å². The van der Waals surface area contributed by atoms with Gasteiger partial charge in [-0.2, -0.15) is 0 Å². The Balaban J connectivity index is 0.00000420. The molecule has 0 aromatic heterocycles. The number of guanidine groups is 1. The Bertz CT molecular complexity index is 669. The molecule has 0 bridgehead atoms. The van der Waals surface area contributed by atoms with Crippen LogP contribution in [0.5, 0.6) is 11.5 Å². The molecule has 7 nitrogen and oxygen atoms in total. The Labute approximate surface area is 191 Å². The van der Waals surface area contributed by atoms with Crippen LogP contribution < -0.4 is 20.1 Å². The number of methoxy groups -OCH3 is 1. The Morgan fingerprint density at radius 3 is 2.69 bits per heavy atom. The predicted octanol–water partition coefficient (Wildman–Crippen LogP) is 2.89. The molecule has 2 N–H and O–H groups in total. The number of carbonyl (C=O) groups is 1. The quantitative estimate of drug-likeness (QED) is 0.315. The van der Waals surface area contributed by atoms with Crippen LogP contribution in [0.3, 0.4) is 0 Å². The zero-order valence-corrected chi connectivity index (χ0v) is 20.4. The summed E-state index contributed by atoms with van der Waals surface area (Å²) in [6, 6.07) is 7.78. The number of halogens is 1. The van der Waals surface area contributed by atoms with Crippen LogP contribution >= 0.6 is 24.0 Å². The highest BCUT2D eigenvalue weighted by molar-refractivity contribution is 14.0. The molecule has 1 aliphatic rings. The smallest absolute Gasteiger partial charge is 0.225 e. The fourth-order valence-electron chi connectivity index (χ4n) is 3.12. The van der Waals surface area contributed by atoms with Crippen LogP contribution in [0.1, 0.15) is 34.1 Å². The van der Waals surface area contributed by atoms with E-state index >= 15 is 0 Å². The minimum absolute atomic E-state index is 0. The molecule has 8 heteroatoms. The fourth-order valence-corrected chi connectivity index (χ4v) is 3.12. The number of carbonyl (C=O) groups excluding carboxylic acids is 1. The molecular formula is C21H35IN4O3. The standard InChI is InChI=1S/C21H34N4O3.HI/c1-6-22-21(24-17-10-11-25(14-17)20(26)15(2)3)23-13-16(4)28-19-9-7-8-18(12-19)27-5;/h7-9,12,15-17H,6,10-11,13-14H2,1-5H3,(H2,22,23,24);1H. The Morgan fingerprint density at radius 2 is 2.03 bits per heavy atom. The summed E-state index contributed by atoms with van der Waals surface area (Å²) in [6.45, 7) is 10.7. The Kier molecular flexibility index (Phi) is 11.2. The van der Waals surface area contributed by atoms with Gasteiger partial charge in [-0.1, -0.05) is 19.9 Å². The highest BCUT2D eigenvalue weighted by Gasteiger charge is 2.27. The molecule has 0 aliphatic carbocycles. The van der Waals surface area contributed by atoms with E-state index in [-0.39, 0.29) is 47.9 Å². The number of likely N-dealkylation sites (tertiary alicyclic amines) is 1. The van der Waals surface area contributed by atoms with Crippen molar-refractivity contribution in [2.24, 2.45) is 10.9 Å². The Morgan fingerprint density at radius 1 is 1.31 bits per heavy atom. The van der Waals surface area contributed by atoms with Crippen LogP contribution in [0, 0.1) is 5.92 Å². The molecule has 1 heterocycles. The van der Waals surface area contributed by atoms with Gasteiger partial charge in [-0.15, -0.1) is 24.0 Å². The van der Waals surface area contributed by atoms with E-state index in [2.05, 4.69) is 15.6 Å². The molecule has 1 aromatic rings. The molecular weight excluding hydrogens is 483 g/mol. The molecule has 2 unspecified atom stereocenters. The zero-order valence-electron chi connectivity index (χ0n) is 18.1. The molecule has 1 amide bonds. The summed E-state index contributed by atoms with van der Waals surface area (Å²) in [6.07, 6.45) is 0.851. The molecule has 0 radical (unpaired) electrons. The third-order valence-electron chi connectivity index (χ3n) is 4.56. The SMILES string of the molecule is CCNC(=NCC(C)Oc1cccc(OC)c1)NC1CCN(C(=O)C(C)C)C1.I. The van der Waals surface area contributed by atoms with Crippen LogP contribution in [0.25, 0.3) is 0 Å². The lowest BCUT2D eigenvalue weighted by Crippen LogP contribution is -2.45. The maximum Gasteiger partial charge on any atom is 0.225 e. The largest absolute Gasteiger partial charge is 0.497 e. The molecule has 1 saturated heterocycles. The summed E-state index contributed by atoms with van der Waals surface area (Å²) in [5.74, 6) is 2.54. The first kappa shape index (κ1) is 25.3. The summed E-state index contributed by atoms with van der Waals surface area (Å²) in [7, 11) is 1.64. The van der Waals surface area contributed by atoms with Gasteiger partial charge in [0.05, 0.1) is 13.7 Å². The molecule has 29 heavy (non-hydrogen) atoms. The van der Waals surface area contributed by atoms with Crippen molar-refractivity contribution < 1.29 is 14.3 Å². The third kappa shape index (κ3) is 8.28. The number of aliphatic imine (C=N–C) groups is 1. The molecule has 0 saturated carbocycles. The number of nitrogens with zero attached hydrogens (tertiary/aromatic N) is 2. The number of benzene rings is 1. The Hall–Kier alpha value is -1.71. The van der Waals surface area contributed by atoms with E-state index in [0.717, 1.165) is 43.5 Å². The first-order valence-electron chi connectivity index (χ1n) is 10.1. The second kappa shape index (κ2) is 12.8. The topological polar surface area (TPSA) is 75.2 Å². The normalized spacial score (nSPS) is 17.5. The molecule has 2 rings (SSSR count). The predicted molar refractivity (Wildman–Crippen MR) is 127 cm³/mol. The van der Waals surface area contributed by atoms with Gasteiger partial charge in [-0.3, -0.25) is 4.79 Å². The van der Waals surface area contributed by atoms with Crippen LogP contribution in [-0.2, 0) is 4.79 Å². The van der Waals surface area contributed by atoms with E-state index in [4.69, 9.17) is 9.47 Å². The van der Waals surface area contributed by atoms with Gasteiger partial charge in [-0.25, -0.2) is 4.99 Å². The van der Waals surface area contributed by atoms with Crippen molar-refractivity contribution >= 4 is 35.8 Å². The van der Waals surface area contributed by atoms with Crippen molar-refractivity contribution in [3.63, 3.8) is 0 Å². The number of amides is 1. The summed E-state index contributed by atoms with van der Waals surface area (Å²) in [5, 5.41) is 6.72. The summed E-state index contributed by atoms with van der Waals surface area (Å²) >= 11 is 0. The average Bonchev–Trinajstić information content (AvgIpc) is 3.14.